The third kappa shape index (κ3) is 3.92. The van der Waals surface area contributed by atoms with E-state index in [1.54, 1.807) is 0 Å². The van der Waals surface area contributed by atoms with Crippen molar-refractivity contribution in [2.24, 2.45) is 0 Å². The minimum absolute atomic E-state index is 1.08. The topological polar surface area (TPSA) is 28.7 Å². The first-order chi connectivity index (χ1) is 6.38. The Morgan fingerprint density at radius 1 is 1.54 bits per heavy atom. The Balaban J connectivity index is 0.000000671. The van der Waals surface area contributed by atoms with Gasteiger partial charge in [0, 0.05) is 11.3 Å². The summed E-state index contributed by atoms with van der Waals surface area (Å²) in [4.78, 5) is 0. The van der Waals surface area contributed by atoms with Crippen LogP contribution in [0.1, 0.15) is 44.9 Å². The summed E-state index contributed by atoms with van der Waals surface area (Å²) < 4.78 is 0. The van der Waals surface area contributed by atoms with Crippen LogP contribution in [0.4, 0.5) is 0 Å². The maximum absolute atomic E-state index is 3.95. The van der Waals surface area contributed by atoms with Crippen LogP contribution in [0.25, 0.3) is 6.08 Å². The van der Waals surface area contributed by atoms with Gasteiger partial charge in [-0.1, -0.05) is 39.8 Å². The molecule has 2 nitrogen and oxygen atoms in total. The summed E-state index contributed by atoms with van der Waals surface area (Å²) in [7, 11) is 0. The van der Waals surface area contributed by atoms with E-state index >= 15 is 0 Å². The van der Waals surface area contributed by atoms with Crippen LogP contribution in [-0.2, 0) is 6.42 Å². The smallest absolute Gasteiger partial charge is 0.0562 e. The third-order valence-corrected chi connectivity index (χ3v) is 1.75. The molecule has 0 fully saturated rings. The summed E-state index contributed by atoms with van der Waals surface area (Å²) in [6.45, 7) is 9.90. The molecule has 0 bridgehead atoms. The summed E-state index contributed by atoms with van der Waals surface area (Å²) in [5.74, 6) is 0. The van der Waals surface area contributed by atoms with E-state index in [0.717, 1.165) is 12.0 Å². The lowest BCUT2D eigenvalue weighted by Crippen LogP contribution is -1.87. The Labute approximate surface area is 81.1 Å². The molecule has 74 valence electrons. The standard InChI is InChI=1S/C9H14N2.C2H6/c1-3-5-6-9-8(4-2)7-10-11-9;1-2/h4,7H,2-3,5-6H2,1H3,(H,10,11);1-2H3. The van der Waals surface area contributed by atoms with Crippen molar-refractivity contribution < 1.29 is 0 Å². The lowest BCUT2D eigenvalue weighted by molar-refractivity contribution is 0.771. The Kier molecular flexibility index (Phi) is 6.98. The number of rotatable bonds is 4. The van der Waals surface area contributed by atoms with Crippen LogP contribution >= 0.6 is 0 Å². The first kappa shape index (κ1) is 11.9. The highest BCUT2D eigenvalue weighted by Gasteiger charge is 1.99. The van der Waals surface area contributed by atoms with Crippen LogP contribution in [0, 0.1) is 0 Å². The number of nitrogens with one attached hydrogen (secondary N) is 1. The predicted octanol–water partition coefficient (Wildman–Crippen LogP) is 3.42. The average Bonchev–Trinajstić information content (AvgIpc) is 2.65. The van der Waals surface area contributed by atoms with Crippen molar-refractivity contribution in [3.8, 4) is 0 Å². The van der Waals surface area contributed by atoms with Crippen LogP contribution in [0.2, 0.25) is 0 Å². The Hall–Kier alpha value is -1.05. The molecule has 0 radical (unpaired) electrons. The number of H-pyrrole nitrogens is 1. The van der Waals surface area contributed by atoms with Crippen LogP contribution in [0.5, 0.6) is 0 Å². The van der Waals surface area contributed by atoms with Gasteiger partial charge in [-0.05, 0) is 12.8 Å². The van der Waals surface area contributed by atoms with Gasteiger partial charge in [0.1, 0.15) is 0 Å². The molecule has 1 rings (SSSR count). The van der Waals surface area contributed by atoms with E-state index < -0.39 is 0 Å². The zero-order valence-corrected chi connectivity index (χ0v) is 8.93. The molecule has 2 heteroatoms. The second kappa shape index (κ2) is 7.59. The van der Waals surface area contributed by atoms with E-state index in [4.69, 9.17) is 0 Å². The number of hydrogen-bond acceptors (Lipinski definition) is 1. The van der Waals surface area contributed by atoms with Gasteiger partial charge < -0.3 is 0 Å². The van der Waals surface area contributed by atoms with Gasteiger partial charge in [0.15, 0.2) is 0 Å². The second-order valence-corrected chi connectivity index (χ2v) is 2.61. The van der Waals surface area contributed by atoms with E-state index in [9.17, 15) is 0 Å². The lowest BCUT2D eigenvalue weighted by Gasteiger charge is -1.95. The highest BCUT2D eigenvalue weighted by Crippen LogP contribution is 2.08. The monoisotopic (exact) mass is 180 g/mol. The average molecular weight is 180 g/mol. The molecule has 0 saturated heterocycles. The Bertz CT molecular complexity index is 226. The van der Waals surface area contributed by atoms with E-state index in [-0.39, 0.29) is 0 Å². The number of aromatic nitrogens is 2. The van der Waals surface area contributed by atoms with Crippen LogP contribution in [0.3, 0.4) is 0 Å². The molecule has 1 heterocycles. The molecule has 0 atom stereocenters. The van der Waals surface area contributed by atoms with Crippen molar-refractivity contribution in [3.63, 3.8) is 0 Å². The quantitative estimate of drug-likeness (QED) is 0.755. The van der Waals surface area contributed by atoms with Gasteiger partial charge in [0.05, 0.1) is 6.20 Å². The second-order valence-electron chi connectivity index (χ2n) is 2.61. The predicted molar refractivity (Wildman–Crippen MR) is 58.6 cm³/mol. The fraction of sp³-hybridized carbons (Fsp3) is 0.545. The maximum atomic E-state index is 3.95. The van der Waals surface area contributed by atoms with E-state index in [0.29, 0.717) is 0 Å². The van der Waals surface area contributed by atoms with Gasteiger partial charge in [-0.25, -0.2) is 0 Å². The zero-order valence-electron chi connectivity index (χ0n) is 8.93. The van der Waals surface area contributed by atoms with Crippen molar-refractivity contribution in [2.75, 3.05) is 0 Å². The lowest BCUT2D eigenvalue weighted by atomic mass is 10.1. The van der Waals surface area contributed by atoms with Crippen LogP contribution < -0.4 is 0 Å². The van der Waals surface area contributed by atoms with Gasteiger partial charge in [-0.2, -0.15) is 5.10 Å². The Morgan fingerprint density at radius 2 is 2.23 bits per heavy atom. The first-order valence-corrected chi connectivity index (χ1v) is 5.03. The van der Waals surface area contributed by atoms with E-state index in [1.165, 1.54) is 18.5 Å². The molecule has 0 spiro atoms. The molecule has 1 N–H and O–H groups in total. The van der Waals surface area contributed by atoms with Gasteiger partial charge in [0.25, 0.3) is 0 Å². The summed E-state index contributed by atoms with van der Waals surface area (Å²) >= 11 is 0. The molecule has 1 aromatic heterocycles. The van der Waals surface area contributed by atoms with Crippen LogP contribution in [0.15, 0.2) is 12.8 Å². The highest BCUT2D eigenvalue weighted by atomic mass is 15.1. The molecule has 13 heavy (non-hydrogen) atoms. The van der Waals surface area contributed by atoms with Gasteiger partial charge in [-0.15, -0.1) is 0 Å². The molecule has 0 unspecified atom stereocenters. The molecule has 1 aromatic rings. The molecule has 0 amide bonds. The number of unbranched alkanes of at least 4 members (excludes halogenated alkanes) is 1. The molecule has 0 aromatic carbocycles. The van der Waals surface area contributed by atoms with E-state index in [1.807, 2.05) is 26.1 Å². The molecule has 0 aliphatic carbocycles. The molecule has 0 saturated carbocycles. The molecular formula is C11H20N2. The van der Waals surface area contributed by atoms with Crippen molar-refractivity contribution in [2.45, 2.75) is 40.0 Å². The minimum Gasteiger partial charge on any atom is -0.282 e. The SMILES string of the molecule is C=Cc1cn[nH]c1CCCC.CC. The van der Waals surface area contributed by atoms with Crippen molar-refractivity contribution in [1.29, 1.82) is 0 Å². The third-order valence-electron chi connectivity index (χ3n) is 1.75. The van der Waals surface area contributed by atoms with Crippen molar-refractivity contribution in [3.05, 3.63) is 24.0 Å². The van der Waals surface area contributed by atoms with E-state index in [2.05, 4.69) is 23.7 Å². The number of nitrogens with zero attached hydrogens (tertiary/aromatic N) is 1. The molecule has 0 aliphatic rings. The fourth-order valence-electron chi connectivity index (χ4n) is 1.05. The largest absolute Gasteiger partial charge is 0.282 e. The maximum Gasteiger partial charge on any atom is 0.0562 e. The van der Waals surface area contributed by atoms with Crippen molar-refractivity contribution in [1.82, 2.24) is 10.2 Å². The zero-order chi connectivity index (χ0) is 10.1. The normalized spacial score (nSPS) is 8.85. The highest BCUT2D eigenvalue weighted by molar-refractivity contribution is 5.48. The fourth-order valence-corrected chi connectivity index (χ4v) is 1.05. The number of aromatic amines is 1. The molecular weight excluding hydrogens is 160 g/mol. The summed E-state index contributed by atoms with van der Waals surface area (Å²) in [5, 5.41) is 6.92. The minimum atomic E-state index is 1.08. The van der Waals surface area contributed by atoms with Crippen molar-refractivity contribution >= 4 is 6.08 Å². The Morgan fingerprint density at radius 3 is 2.77 bits per heavy atom. The van der Waals surface area contributed by atoms with Crippen LogP contribution in [-0.4, -0.2) is 10.2 Å². The summed E-state index contributed by atoms with van der Waals surface area (Å²) in [6, 6.07) is 0. The molecule has 0 aliphatic heterocycles. The van der Waals surface area contributed by atoms with Gasteiger partial charge in [0.2, 0.25) is 0 Å². The van der Waals surface area contributed by atoms with Gasteiger partial charge >= 0.3 is 0 Å². The summed E-state index contributed by atoms with van der Waals surface area (Å²) in [5.41, 5.74) is 2.35. The first-order valence-electron chi connectivity index (χ1n) is 5.03. The number of hydrogen-bond donors (Lipinski definition) is 1. The number of aryl methyl sites for hydroxylation is 1. The summed E-state index contributed by atoms with van der Waals surface area (Å²) in [6.07, 6.45) is 7.17. The van der Waals surface area contributed by atoms with Gasteiger partial charge in [-0.3, -0.25) is 5.10 Å².